The average molecular weight is 780 g/mol. The minimum Gasteiger partial charge on any atom is -0.460 e. The number of aromatic nitrogens is 6. The number of fused-ring (bicyclic) bond motifs is 6. The Kier molecular flexibility index (Phi) is 8.86. The van der Waals surface area contributed by atoms with Crippen LogP contribution in [0.4, 0.5) is 5.82 Å². The molecule has 3 aliphatic rings. The van der Waals surface area contributed by atoms with Crippen LogP contribution in [-0.2, 0) is 61.0 Å². The number of para-hydroxylation sites is 1. The second kappa shape index (κ2) is 13.3. The minimum atomic E-state index is -5.17. The fourth-order valence-corrected chi connectivity index (χ4v) is 8.42. The first kappa shape index (κ1) is 35.9. The number of benzene rings is 1. The Bertz CT molecular complexity index is 2530. The van der Waals surface area contributed by atoms with E-state index in [0.29, 0.717) is 16.9 Å². The zero-order valence-electron chi connectivity index (χ0n) is 28.8. The summed E-state index contributed by atoms with van der Waals surface area (Å²) in [5.74, 6) is -1.98. The van der Waals surface area contributed by atoms with E-state index in [4.69, 9.17) is 39.8 Å². The molecule has 0 spiro atoms. The van der Waals surface area contributed by atoms with Crippen molar-refractivity contribution in [2.24, 2.45) is 0 Å². The average Bonchev–Trinajstić information content (AvgIpc) is 3.82. The summed E-state index contributed by atoms with van der Waals surface area (Å²) < 4.78 is 44.9. The van der Waals surface area contributed by atoms with Gasteiger partial charge in [-0.05, 0) is 36.2 Å². The summed E-state index contributed by atoms with van der Waals surface area (Å²) in [7, 11) is -5.17. The largest absolute Gasteiger partial charge is 0.473 e. The number of phosphoric acid groups is 1. The number of amides is 1. The topological polar surface area (TPSA) is 225 Å². The summed E-state index contributed by atoms with van der Waals surface area (Å²) in [6, 6.07) is 11.0. The number of imidazole rings is 1. The van der Waals surface area contributed by atoms with Gasteiger partial charge in [-0.1, -0.05) is 25.1 Å². The standard InChI is InChI=1S/C34H31ClN7O11P/c1-4-34(21-10-23-27-19(9-18-7-5-6-8-22(18)38-27)12-41(23)31(45)20(21)13-49-32(34)46)53-54(47,48)50-14-25-24(51-17(3)44)11-26(52-25)42-15-36-28-29(37-16(2)43)39-33(35)40-30(28)42/h5-10,15,24-26H,4,11-14H2,1-3H3,(H,47,48)(H,37,39,40,43). The molecular formula is C34H31ClN7O11P. The number of cyclic esters (lactones) is 1. The van der Waals surface area contributed by atoms with Gasteiger partial charge in [0.05, 0.1) is 41.9 Å². The highest BCUT2D eigenvalue weighted by molar-refractivity contribution is 7.47. The summed E-state index contributed by atoms with van der Waals surface area (Å²) in [4.78, 5) is 79.7. The number of nitrogens with one attached hydrogen (secondary N) is 1. The van der Waals surface area contributed by atoms with Gasteiger partial charge in [-0.15, -0.1) is 0 Å². The SMILES string of the molecule is CCC1(OP(=O)(O)OCC2OC(n3cnc4c(NC(C)=O)nc(Cl)nc43)CC2OC(C)=O)C(=O)OCc2c1cc1n(c2=O)Cc2cc3ccccc3nc2-1. The van der Waals surface area contributed by atoms with Crippen molar-refractivity contribution >= 4 is 65.2 Å². The van der Waals surface area contributed by atoms with Gasteiger partial charge in [-0.2, -0.15) is 9.97 Å². The number of esters is 2. The van der Waals surface area contributed by atoms with Crippen LogP contribution in [0.25, 0.3) is 33.5 Å². The number of rotatable bonds is 9. The highest BCUT2D eigenvalue weighted by Crippen LogP contribution is 2.54. The fraction of sp³-hybridized carbons (Fsp3) is 0.353. The number of carbonyl (C=O) groups is 3. The Balaban J connectivity index is 1.07. The molecule has 1 fully saturated rings. The molecule has 0 saturated carbocycles. The van der Waals surface area contributed by atoms with E-state index in [-0.39, 0.29) is 59.4 Å². The van der Waals surface area contributed by atoms with Crippen LogP contribution in [0.15, 0.2) is 47.5 Å². The van der Waals surface area contributed by atoms with Crippen molar-refractivity contribution in [3.63, 3.8) is 0 Å². The van der Waals surface area contributed by atoms with Crippen molar-refractivity contribution in [1.82, 2.24) is 29.1 Å². The van der Waals surface area contributed by atoms with Crippen LogP contribution in [0.5, 0.6) is 0 Å². The van der Waals surface area contributed by atoms with Crippen molar-refractivity contribution in [1.29, 1.82) is 0 Å². The molecule has 5 aromatic rings. The van der Waals surface area contributed by atoms with Gasteiger partial charge in [-0.3, -0.25) is 28.0 Å². The van der Waals surface area contributed by atoms with Crippen molar-refractivity contribution in [3.05, 3.63) is 75.1 Å². The minimum absolute atomic E-state index is 0.0329. The molecule has 280 valence electrons. The molecule has 1 saturated heterocycles. The Morgan fingerprint density at radius 1 is 1.17 bits per heavy atom. The second-order valence-electron chi connectivity index (χ2n) is 13.0. The maximum atomic E-state index is 13.9. The monoisotopic (exact) mass is 779 g/mol. The van der Waals surface area contributed by atoms with Crippen LogP contribution < -0.4 is 10.9 Å². The highest BCUT2D eigenvalue weighted by Gasteiger charge is 2.53. The molecule has 54 heavy (non-hydrogen) atoms. The maximum Gasteiger partial charge on any atom is 0.473 e. The lowest BCUT2D eigenvalue weighted by Crippen LogP contribution is -2.46. The van der Waals surface area contributed by atoms with Gasteiger partial charge < -0.3 is 29.0 Å². The third kappa shape index (κ3) is 6.14. The predicted molar refractivity (Wildman–Crippen MR) is 188 cm³/mol. The summed E-state index contributed by atoms with van der Waals surface area (Å²) in [5.41, 5.74) is 0.352. The molecule has 3 aliphatic heterocycles. The number of pyridine rings is 2. The van der Waals surface area contributed by atoms with Crippen molar-refractivity contribution in [3.8, 4) is 11.4 Å². The number of carbonyl (C=O) groups excluding carboxylic acids is 3. The van der Waals surface area contributed by atoms with Crippen molar-refractivity contribution < 1.29 is 47.1 Å². The van der Waals surface area contributed by atoms with Crippen LogP contribution in [0.2, 0.25) is 5.28 Å². The molecule has 5 atom stereocenters. The fourth-order valence-electron chi connectivity index (χ4n) is 7.17. The van der Waals surface area contributed by atoms with Gasteiger partial charge in [0, 0.05) is 36.8 Å². The molecular weight excluding hydrogens is 749 g/mol. The molecule has 4 aromatic heterocycles. The Labute approximate surface area is 310 Å². The molecule has 20 heteroatoms. The lowest BCUT2D eigenvalue weighted by atomic mass is 9.86. The number of hydrogen-bond donors (Lipinski definition) is 2. The Hall–Kier alpha value is -5.10. The second-order valence-corrected chi connectivity index (χ2v) is 14.7. The predicted octanol–water partition coefficient (Wildman–Crippen LogP) is 3.89. The zero-order chi connectivity index (χ0) is 38.1. The highest BCUT2D eigenvalue weighted by atomic mass is 35.5. The smallest absolute Gasteiger partial charge is 0.460 e. The van der Waals surface area contributed by atoms with E-state index >= 15 is 0 Å². The Morgan fingerprint density at radius 2 is 1.96 bits per heavy atom. The molecule has 0 aliphatic carbocycles. The molecule has 8 rings (SSSR count). The number of halogens is 1. The quantitative estimate of drug-likeness (QED) is 0.121. The third-order valence-electron chi connectivity index (χ3n) is 9.55. The number of nitrogens with zero attached hydrogens (tertiary/aromatic N) is 6. The van der Waals surface area contributed by atoms with Gasteiger partial charge in [0.25, 0.3) is 5.56 Å². The number of ether oxygens (including phenoxy) is 3. The van der Waals surface area contributed by atoms with E-state index in [9.17, 15) is 28.6 Å². The van der Waals surface area contributed by atoms with Crippen LogP contribution in [0.3, 0.4) is 0 Å². The summed E-state index contributed by atoms with van der Waals surface area (Å²) in [6.07, 6.45) is -1.80. The van der Waals surface area contributed by atoms with Crippen molar-refractivity contribution in [2.75, 3.05) is 11.9 Å². The van der Waals surface area contributed by atoms with E-state index in [1.54, 1.807) is 13.0 Å². The van der Waals surface area contributed by atoms with E-state index in [0.717, 1.165) is 10.9 Å². The molecule has 5 unspecified atom stereocenters. The van der Waals surface area contributed by atoms with E-state index in [2.05, 4.69) is 20.3 Å². The molecule has 7 heterocycles. The van der Waals surface area contributed by atoms with Gasteiger partial charge in [-0.25, -0.2) is 19.3 Å². The molecule has 0 radical (unpaired) electrons. The molecule has 1 aromatic carbocycles. The maximum absolute atomic E-state index is 13.9. The van der Waals surface area contributed by atoms with Gasteiger partial charge >= 0.3 is 19.8 Å². The lowest BCUT2D eigenvalue weighted by molar-refractivity contribution is -0.171. The number of anilines is 1. The summed E-state index contributed by atoms with van der Waals surface area (Å²) in [6.45, 7) is 3.26. The Morgan fingerprint density at radius 3 is 2.72 bits per heavy atom. The molecule has 1 amide bonds. The first-order valence-corrected chi connectivity index (χ1v) is 18.7. The number of hydrogen-bond acceptors (Lipinski definition) is 14. The van der Waals surface area contributed by atoms with Gasteiger partial charge in [0.1, 0.15) is 25.0 Å². The lowest BCUT2D eigenvalue weighted by Gasteiger charge is -2.36. The molecule has 0 bridgehead atoms. The first-order chi connectivity index (χ1) is 25.8. The third-order valence-corrected chi connectivity index (χ3v) is 10.7. The van der Waals surface area contributed by atoms with Crippen LogP contribution in [0.1, 0.15) is 56.5 Å². The van der Waals surface area contributed by atoms with Gasteiger partial charge in [0.15, 0.2) is 17.0 Å². The first-order valence-electron chi connectivity index (χ1n) is 16.8. The van der Waals surface area contributed by atoms with Crippen LogP contribution in [-0.4, -0.2) is 70.6 Å². The zero-order valence-corrected chi connectivity index (χ0v) is 30.5. The van der Waals surface area contributed by atoms with E-state index in [1.165, 1.54) is 29.3 Å². The van der Waals surface area contributed by atoms with Crippen molar-refractivity contribution in [2.45, 2.75) is 70.8 Å². The van der Waals surface area contributed by atoms with E-state index in [1.807, 2.05) is 30.3 Å². The van der Waals surface area contributed by atoms with Crippen LogP contribution >= 0.6 is 19.4 Å². The summed E-state index contributed by atoms with van der Waals surface area (Å²) >= 11 is 6.12. The van der Waals surface area contributed by atoms with Crippen LogP contribution in [0, 0.1) is 0 Å². The summed E-state index contributed by atoms with van der Waals surface area (Å²) in [5, 5.41) is 3.25. The van der Waals surface area contributed by atoms with E-state index < -0.39 is 61.9 Å². The normalized spacial score (nSPS) is 22.7. The molecule has 2 N–H and O–H groups in total. The molecule has 18 nitrogen and oxygen atoms in total. The number of phosphoric ester groups is 1. The van der Waals surface area contributed by atoms with Gasteiger partial charge in [0.2, 0.25) is 16.8 Å².